The Bertz CT molecular complexity index is 2480. The molecule has 0 atom stereocenters. The van der Waals surface area contributed by atoms with E-state index in [0.717, 1.165) is 19.3 Å². The van der Waals surface area contributed by atoms with E-state index in [1.54, 1.807) is 24.4 Å². The van der Waals surface area contributed by atoms with Gasteiger partial charge in [0.2, 0.25) is 5.71 Å². The standard InChI is InChI=1S/C23H21N2O.C12H10N.Ir/c1-15-10-12-19-18-8-5-9-20(22(18)26-23(19)25-15)21-13-11-17(14-24-21)16-6-3-2-4-7-16;1-10-7-8-12(13-9-10)11-5-3-2-4-6-11;/h5,8,10-14,16H,2-4,6-7H2,1H3;2-5,7-9H,1H3;/q2*-1;/i1D3,11D,13D,16D;1D3,2D,3D,4D,5D,7D,8D,9D;. The van der Waals surface area contributed by atoms with Crippen LogP contribution in [0.3, 0.4) is 0 Å². The average molecular weight is 718 g/mol. The molecule has 0 spiro atoms. The first-order valence-electron chi connectivity index (χ1n) is 20.4. The number of nitrogens with zero attached hydrogens (tertiary/aromatic N) is 3. The van der Waals surface area contributed by atoms with Gasteiger partial charge in [0.1, 0.15) is 0 Å². The fraction of sp³-hybridized carbons (Fsp3) is 0.229. The van der Waals surface area contributed by atoms with Gasteiger partial charge in [0, 0.05) is 55.9 Å². The maximum atomic E-state index is 8.82. The molecule has 2 aromatic carbocycles. The Labute approximate surface area is 271 Å². The van der Waals surface area contributed by atoms with Crippen molar-refractivity contribution >= 4 is 22.1 Å². The van der Waals surface area contributed by atoms with Gasteiger partial charge in [0.05, 0.1) is 12.4 Å². The van der Waals surface area contributed by atoms with Crippen LogP contribution in [0.4, 0.5) is 0 Å². The Kier molecular flexibility index (Phi) is 4.53. The van der Waals surface area contributed by atoms with E-state index in [1.165, 1.54) is 6.07 Å². The van der Waals surface area contributed by atoms with E-state index >= 15 is 0 Å². The van der Waals surface area contributed by atoms with Gasteiger partial charge in [0.15, 0.2) is 0 Å². The molecule has 1 aliphatic carbocycles. The van der Waals surface area contributed by atoms with Gasteiger partial charge in [-0.15, -0.1) is 54.0 Å². The van der Waals surface area contributed by atoms with E-state index in [1.807, 2.05) is 0 Å². The number of pyridine rings is 3. The topological polar surface area (TPSA) is 51.8 Å². The summed E-state index contributed by atoms with van der Waals surface area (Å²) in [7, 11) is 0. The van der Waals surface area contributed by atoms with Crippen LogP contribution in [0.1, 0.15) is 76.8 Å². The molecule has 0 amide bonds. The SMILES string of the molecule is [2H]c1[c-]c(-c2nc([2H])c(C([2H])([2H])[2H])c([2H])c2[2H])c([2H])c([2H])c1[2H].[2H]c1c(C2([2H])CCCCC2)cnc(-c2[c-]ccc3c2oc2nc(C([2H])([2H])[2H])ccc23)c1[2H].[Ir]. The van der Waals surface area contributed by atoms with Crippen molar-refractivity contribution in [2.24, 2.45) is 0 Å². The van der Waals surface area contributed by atoms with Crippen LogP contribution >= 0.6 is 0 Å². The third-order valence-corrected chi connectivity index (χ3v) is 6.33. The van der Waals surface area contributed by atoms with E-state index in [4.69, 9.17) is 26.3 Å². The van der Waals surface area contributed by atoms with Crippen molar-refractivity contribution in [2.45, 2.75) is 51.7 Å². The molecule has 1 fully saturated rings. The first-order valence-corrected chi connectivity index (χ1v) is 12.4. The summed E-state index contributed by atoms with van der Waals surface area (Å²) in [4.78, 5) is 12.3. The fourth-order valence-corrected chi connectivity index (χ4v) is 4.45. The monoisotopic (exact) mass is 718 g/mol. The van der Waals surface area contributed by atoms with Gasteiger partial charge in [-0.1, -0.05) is 54.4 Å². The predicted octanol–water partition coefficient (Wildman–Crippen LogP) is 9.05. The van der Waals surface area contributed by atoms with Crippen LogP contribution in [-0.4, -0.2) is 15.0 Å². The van der Waals surface area contributed by atoms with Crippen LogP contribution in [0.2, 0.25) is 0 Å². The molecule has 0 bridgehead atoms. The fourth-order valence-electron chi connectivity index (χ4n) is 4.45. The van der Waals surface area contributed by atoms with Crippen LogP contribution in [0.5, 0.6) is 0 Å². The van der Waals surface area contributed by atoms with E-state index in [9.17, 15) is 0 Å². The number of rotatable bonds is 3. The maximum Gasteiger partial charge on any atom is 0.216 e. The van der Waals surface area contributed by atoms with Crippen molar-refractivity contribution in [2.75, 3.05) is 0 Å². The third-order valence-electron chi connectivity index (χ3n) is 6.33. The molecule has 0 aliphatic heterocycles. The van der Waals surface area contributed by atoms with Crippen molar-refractivity contribution in [3.63, 3.8) is 0 Å². The van der Waals surface area contributed by atoms with Crippen molar-refractivity contribution in [1.82, 2.24) is 15.0 Å². The molecule has 0 saturated heterocycles. The number of furan rings is 1. The molecule has 0 N–H and O–H groups in total. The Hall–Kier alpha value is -3.66. The molecule has 0 unspecified atom stereocenters. The zero-order chi connectivity index (χ0) is 40.4. The summed E-state index contributed by atoms with van der Waals surface area (Å²) in [5.41, 5.74) is 0.362. The molecule has 4 nitrogen and oxygen atoms in total. The molecule has 40 heavy (non-hydrogen) atoms. The van der Waals surface area contributed by atoms with Crippen LogP contribution in [0.15, 0.2) is 89.4 Å². The van der Waals surface area contributed by atoms with Crippen molar-refractivity contribution in [3.8, 4) is 22.5 Å². The zero-order valence-electron chi connectivity index (χ0n) is 37.0. The van der Waals surface area contributed by atoms with E-state index in [2.05, 4.69) is 27.1 Å². The van der Waals surface area contributed by atoms with Crippen molar-refractivity contribution < 1.29 is 46.5 Å². The second kappa shape index (κ2) is 12.7. The minimum Gasteiger partial charge on any atom is -0.486 e. The molecule has 1 saturated carbocycles. The van der Waals surface area contributed by atoms with Gasteiger partial charge in [0.25, 0.3) is 0 Å². The van der Waals surface area contributed by atoms with Crippen LogP contribution < -0.4 is 0 Å². The van der Waals surface area contributed by atoms with Gasteiger partial charge in [-0.3, -0.25) is 0 Å². The molecule has 5 heteroatoms. The average Bonchev–Trinajstić information content (AvgIpc) is 3.50. The summed E-state index contributed by atoms with van der Waals surface area (Å²) >= 11 is 0. The summed E-state index contributed by atoms with van der Waals surface area (Å²) in [6, 6.07) is 8.52. The third kappa shape index (κ3) is 6.06. The molecule has 203 valence electrons. The summed E-state index contributed by atoms with van der Waals surface area (Å²) in [5, 5.41) is 1.37. The van der Waals surface area contributed by atoms with Gasteiger partial charge in [-0.05, 0) is 69.8 Å². The first kappa shape index (κ1) is 14.3. The van der Waals surface area contributed by atoms with Crippen molar-refractivity contribution in [1.29, 1.82) is 0 Å². The second-order valence-corrected chi connectivity index (χ2v) is 8.88. The zero-order valence-corrected chi connectivity index (χ0v) is 23.4. The van der Waals surface area contributed by atoms with Gasteiger partial charge < -0.3 is 14.4 Å². The van der Waals surface area contributed by atoms with E-state index in [-0.39, 0.29) is 60.5 Å². The minimum atomic E-state index is -2.78. The second-order valence-electron chi connectivity index (χ2n) is 8.88. The van der Waals surface area contributed by atoms with Crippen molar-refractivity contribution in [3.05, 3.63) is 114 Å². The van der Waals surface area contributed by atoms with Crippen LogP contribution in [-0.2, 0) is 20.1 Å². The number of aryl methyl sites for hydroxylation is 1. The molecule has 4 aromatic heterocycles. The van der Waals surface area contributed by atoms with E-state index in [0.29, 0.717) is 40.3 Å². The number of aromatic nitrogens is 3. The van der Waals surface area contributed by atoms with Crippen LogP contribution in [0, 0.1) is 25.8 Å². The molecular weight excluding hydrogens is 671 g/mol. The first-order chi connectivity index (χ1) is 25.7. The van der Waals surface area contributed by atoms with Gasteiger partial charge >= 0.3 is 0 Å². The summed E-state index contributed by atoms with van der Waals surface area (Å²) in [6.07, 6.45) is 5.12. The molecule has 7 rings (SSSR count). The smallest absolute Gasteiger partial charge is 0.216 e. The Morgan fingerprint density at radius 1 is 0.925 bits per heavy atom. The molecule has 1 aliphatic rings. The summed E-state index contributed by atoms with van der Waals surface area (Å²) in [5.74, 6) is -0.874. The minimum absolute atomic E-state index is 0. The Morgan fingerprint density at radius 2 is 1.82 bits per heavy atom. The largest absolute Gasteiger partial charge is 0.486 e. The number of hydrogen-bond donors (Lipinski definition) is 0. The molecule has 6 aromatic rings. The van der Waals surface area contributed by atoms with Gasteiger partial charge in [-0.2, -0.15) is 0 Å². The predicted molar refractivity (Wildman–Crippen MR) is 157 cm³/mol. The quantitative estimate of drug-likeness (QED) is 0.172. The molecule has 4 heterocycles. The van der Waals surface area contributed by atoms with E-state index < -0.39 is 67.6 Å². The Morgan fingerprint density at radius 3 is 2.70 bits per heavy atom. The number of benzene rings is 2. The summed E-state index contributed by atoms with van der Waals surface area (Å²) < 4.78 is 130. The Balaban J connectivity index is 0.000000223. The molecular formula is C35H31IrN3O-2. The molecule has 1 radical (unpaired) electrons. The normalized spacial score (nSPS) is 20.6. The number of hydrogen-bond acceptors (Lipinski definition) is 4. The summed E-state index contributed by atoms with van der Waals surface area (Å²) in [6.45, 7) is -5.13. The van der Waals surface area contributed by atoms with Crippen LogP contribution in [0.25, 0.3) is 44.6 Å². The van der Waals surface area contributed by atoms with Gasteiger partial charge in [-0.25, -0.2) is 4.98 Å². The maximum absolute atomic E-state index is 8.82. The number of fused-ring (bicyclic) bond motifs is 3.